The van der Waals surface area contributed by atoms with Crippen LogP contribution in [0, 0.1) is 0 Å². The summed E-state index contributed by atoms with van der Waals surface area (Å²) < 4.78 is 5.20. The lowest BCUT2D eigenvalue weighted by molar-refractivity contribution is 0.221. The first-order valence-electron chi connectivity index (χ1n) is 8.74. The van der Waals surface area contributed by atoms with E-state index in [0.29, 0.717) is 24.0 Å². The Morgan fingerprint density at radius 1 is 1.23 bits per heavy atom. The van der Waals surface area contributed by atoms with E-state index in [2.05, 4.69) is 9.98 Å². The number of hydrogen-bond donors (Lipinski definition) is 1. The number of carbonyl (C=O) groups is 1. The maximum Gasteiger partial charge on any atom is 0.345 e. The fourth-order valence-electron chi connectivity index (χ4n) is 3.51. The number of aromatic hydroxyl groups is 1. The summed E-state index contributed by atoms with van der Waals surface area (Å²) in [6, 6.07) is 4.99. The van der Waals surface area contributed by atoms with E-state index in [1.165, 1.54) is 12.0 Å². The Balaban J connectivity index is 1.78. The Bertz CT molecular complexity index is 839. The van der Waals surface area contributed by atoms with Crippen molar-refractivity contribution in [1.82, 2.24) is 9.91 Å². The number of carbonyl (C=O) groups excluding carboxylic acids is 1. The van der Waals surface area contributed by atoms with Crippen molar-refractivity contribution >= 4 is 23.4 Å². The highest BCUT2D eigenvalue weighted by Crippen LogP contribution is 2.30. The number of benzene rings is 1. The van der Waals surface area contributed by atoms with Crippen LogP contribution in [0.2, 0.25) is 0 Å². The molecule has 0 aromatic heterocycles. The van der Waals surface area contributed by atoms with Gasteiger partial charge in [0.15, 0.2) is 23.2 Å². The second-order valence-electron chi connectivity index (χ2n) is 6.73. The Morgan fingerprint density at radius 3 is 2.73 bits per heavy atom. The number of amidine groups is 2. The molecule has 136 valence electrons. The van der Waals surface area contributed by atoms with Gasteiger partial charge in [0.2, 0.25) is 0 Å². The van der Waals surface area contributed by atoms with Crippen molar-refractivity contribution in [3.8, 4) is 11.5 Å². The molecule has 1 N–H and O–H groups in total. The molecular formula is C18H21N5O3. The molecule has 0 bridgehead atoms. The van der Waals surface area contributed by atoms with E-state index in [9.17, 15) is 9.90 Å². The molecule has 2 aliphatic heterocycles. The summed E-state index contributed by atoms with van der Waals surface area (Å²) in [5.74, 6) is 1.54. The van der Waals surface area contributed by atoms with Crippen LogP contribution in [0.3, 0.4) is 0 Å². The second kappa shape index (κ2) is 6.44. The average molecular weight is 355 g/mol. The van der Waals surface area contributed by atoms with E-state index in [1.807, 2.05) is 5.01 Å². The number of phenolic OH excluding ortho intramolecular Hbond substituents is 1. The number of urea groups is 1. The first-order chi connectivity index (χ1) is 12.6. The maximum absolute atomic E-state index is 12.0. The summed E-state index contributed by atoms with van der Waals surface area (Å²) in [6.45, 7) is 0.398. The maximum atomic E-state index is 12.0. The normalized spacial score (nSPS) is 20.5. The van der Waals surface area contributed by atoms with Crippen molar-refractivity contribution in [3.63, 3.8) is 0 Å². The van der Waals surface area contributed by atoms with Crippen LogP contribution in [0.15, 0.2) is 33.3 Å². The van der Waals surface area contributed by atoms with Crippen molar-refractivity contribution in [2.24, 2.45) is 15.1 Å². The Kier molecular flexibility index (Phi) is 4.10. The predicted molar refractivity (Wildman–Crippen MR) is 98.2 cm³/mol. The van der Waals surface area contributed by atoms with Gasteiger partial charge in [0, 0.05) is 12.6 Å². The lowest BCUT2D eigenvalue weighted by Crippen LogP contribution is -2.50. The van der Waals surface area contributed by atoms with Crippen molar-refractivity contribution in [2.45, 2.75) is 31.7 Å². The fraction of sp³-hybridized carbons (Fsp3) is 0.444. The summed E-state index contributed by atoms with van der Waals surface area (Å²) in [6.07, 6.45) is 4.33. The molecular weight excluding hydrogens is 334 g/mol. The third-order valence-corrected chi connectivity index (χ3v) is 4.94. The molecule has 1 aliphatic carbocycles. The molecule has 2 amide bonds. The number of ether oxygens (including phenoxy) is 1. The van der Waals surface area contributed by atoms with Gasteiger partial charge in [-0.15, -0.1) is 0 Å². The number of methoxy groups -OCH3 is 1. The number of fused-ring (bicyclic) bond motifs is 1. The number of hydrazone groups is 1. The lowest BCUT2D eigenvalue weighted by atomic mass is 10.1. The van der Waals surface area contributed by atoms with Crippen LogP contribution in [0.4, 0.5) is 4.79 Å². The van der Waals surface area contributed by atoms with E-state index in [4.69, 9.17) is 9.84 Å². The van der Waals surface area contributed by atoms with Crippen LogP contribution < -0.4 is 4.74 Å². The van der Waals surface area contributed by atoms with Crippen LogP contribution in [-0.4, -0.2) is 65.2 Å². The molecule has 2 heterocycles. The van der Waals surface area contributed by atoms with Crippen LogP contribution >= 0.6 is 0 Å². The molecule has 1 fully saturated rings. The second-order valence-corrected chi connectivity index (χ2v) is 6.73. The first kappa shape index (κ1) is 16.6. The van der Waals surface area contributed by atoms with Gasteiger partial charge in [-0.3, -0.25) is 0 Å². The molecule has 0 unspecified atom stereocenters. The van der Waals surface area contributed by atoms with Gasteiger partial charge in [-0.2, -0.15) is 10.1 Å². The largest absolute Gasteiger partial charge is 0.504 e. The number of amides is 2. The van der Waals surface area contributed by atoms with Crippen molar-refractivity contribution in [2.75, 3.05) is 20.7 Å². The van der Waals surface area contributed by atoms with Gasteiger partial charge in [-0.1, -0.05) is 12.8 Å². The molecule has 0 radical (unpaired) electrons. The molecule has 0 atom stereocenters. The molecule has 1 saturated carbocycles. The van der Waals surface area contributed by atoms with Gasteiger partial charge in [-0.05, 0) is 31.0 Å². The minimum atomic E-state index is -0.271. The molecule has 3 aliphatic rings. The van der Waals surface area contributed by atoms with Gasteiger partial charge in [-0.25, -0.2) is 14.8 Å². The number of phenols is 1. The smallest absolute Gasteiger partial charge is 0.345 e. The van der Waals surface area contributed by atoms with Crippen LogP contribution in [0.5, 0.6) is 11.5 Å². The number of nitrogens with zero attached hydrogens (tertiary/aromatic N) is 5. The molecule has 0 spiro atoms. The Hall–Kier alpha value is -2.90. The molecule has 1 aromatic carbocycles. The van der Waals surface area contributed by atoms with Gasteiger partial charge in [0.1, 0.15) is 5.71 Å². The highest BCUT2D eigenvalue weighted by atomic mass is 16.5. The summed E-state index contributed by atoms with van der Waals surface area (Å²) in [4.78, 5) is 22.4. The zero-order valence-corrected chi connectivity index (χ0v) is 14.8. The van der Waals surface area contributed by atoms with Crippen molar-refractivity contribution < 1.29 is 14.6 Å². The number of rotatable bonds is 3. The van der Waals surface area contributed by atoms with Crippen molar-refractivity contribution in [1.29, 1.82) is 0 Å². The average Bonchev–Trinajstić information content (AvgIpc) is 3.17. The highest BCUT2D eigenvalue weighted by molar-refractivity contribution is 6.47. The minimum Gasteiger partial charge on any atom is -0.504 e. The summed E-state index contributed by atoms with van der Waals surface area (Å²) in [5, 5.41) is 16.4. The Labute approximate surface area is 151 Å². The zero-order valence-electron chi connectivity index (χ0n) is 14.8. The molecule has 26 heavy (non-hydrogen) atoms. The standard InChI is InChI=1S/C18H21N5O3/c1-22-10-13-17(20-18(22)25)23(12-5-3-4-6-12)21-16(19-13)11-7-8-14(24)15(9-11)26-2/h7-9,12,24H,3-6,10H2,1-2H3. The van der Waals surface area contributed by atoms with Crippen LogP contribution in [-0.2, 0) is 0 Å². The van der Waals surface area contributed by atoms with Crippen LogP contribution in [0.25, 0.3) is 0 Å². The van der Waals surface area contributed by atoms with Gasteiger partial charge >= 0.3 is 6.03 Å². The third-order valence-electron chi connectivity index (χ3n) is 4.94. The van der Waals surface area contributed by atoms with E-state index >= 15 is 0 Å². The Morgan fingerprint density at radius 2 is 2.00 bits per heavy atom. The van der Waals surface area contributed by atoms with E-state index in [0.717, 1.165) is 37.0 Å². The topological polar surface area (TPSA) is 90.1 Å². The van der Waals surface area contributed by atoms with E-state index < -0.39 is 0 Å². The minimum absolute atomic E-state index is 0.0678. The number of aliphatic imine (C=N–C) groups is 2. The first-order valence-corrected chi connectivity index (χ1v) is 8.74. The van der Waals surface area contributed by atoms with Gasteiger partial charge in [0.25, 0.3) is 0 Å². The van der Waals surface area contributed by atoms with E-state index in [1.54, 1.807) is 25.2 Å². The van der Waals surface area contributed by atoms with Crippen molar-refractivity contribution in [3.05, 3.63) is 23.8 Å². The van der Waals surface area contributed by atoms with E-state index in [-0.39, 0.29) is 17.8 Å². The number of hydrogen-bond acceptors (Lipinski definition) is 6. The van der Waals surface area contributed by atoms with Gasteiger partial charge in [0.05, 0.1) is 19.7 Å². The predicted octanol–water partition coefficient (Wildman–Crippen LogP) is 2.23. The molecule has 8 nitrogen and oxygen atoms in total. The molecule has 8 heteroatoms. The summed E-state index contributed by atoms with van der Waals surface area (Å²) in [7, 11) is 3.21. The molecule has 4 rings (SSSR count). The monoisotopic (exact) mass is 355 g/mol. The lowest BCUT2D eigenvalue weighted by Gasteiger charge is -2.34. The zero-order chi connectivity index (χ0) is 18.3. The third kappa shape index (κ3) is 2.81. The van der Waals surface area contributed by atoms with Gasteiger partial charge < -0.3 is 14.7 Å². The quantitative estimate of drug-likeness (QED) is 0.900. The van der Waals surface area contributed by atoms with Crippen LogP contribution in [0.1, 0.15) is 31.2 Å². The fourth-order valence-corrected chi connectivity index (χ4v) is 3.51. The molecule has 1 aromatic rings. The highest BCUT2D eigenvalue weighted by Gasteiger charge is 2.35. The SMILES string of the molecule is COc1cc(C2=NN(C3CCCC3)C3=NC(=O)N(C)CC3=N2)ccc1O. The summed E-state index contributed by atoms with van der Waals surface area (Å²) >= 11 is 0. The molecule has 0 saturated heterocycles. The summed E-state index contributed by atoms with van der Waals surface area (Å²) in [5.41, 5.74) is 1.48.